The van der Waals surface area contributed by atoms with E-state index in [0.29, 0.717) is 5.56 Å². The molecule has 0 unspecified atom stereocenters. The van der Waals surface area contributed by atoms with Crippen molar-refractivity contribution in [3.8, 4) is 0 Å². The van der Waals surface area contributed by atoms with Gasteiger partial charge in [-0.1, -0.05) is 82.3 Å². The minimum Gasteiger partial charge on any atom is -0.386 e. The van der Waals surface area contributed by atoms with Gasteiger partial charge in [0.2, 0.25) is 3.79 Å². The average molecular weight is 336 g/mol. The Kier molecular flexibility index (Phi) is 4.57. The fraction of sp³-hybridized carbons (Fsp3) is 0.455. The lowest BCUT2D eigenvalue weighted by molar-refractivity contribution is 0.0786. The highest BCUT2D eigenvalue weighted by Crippen LogP contribution is 2.52. The normalized spacial score (nSPS) is 13.9. The van der Waals surface area contributed by atoms with Crippen LogP contribution in [0.4, 0.5) is 0 Å². The van der Waals surface area contributed by atoms with Crippen LogP contribution in [0.25, 0.3) is 0 Å². The Hall–Kier alpha value is 0.630. The van der Waals surface area contributed by atoms with Gasteiger partial charge in [0.15, 0.2) is 4.33 Å². The van der Waals surface area contributed by atoms with Gasteiger partial charge in [-0.3, -0.25) is 0 Å². The molecular weight excluding hydrogens is 325 g/mol. The van der Waals surface area contributed by atoms with E-state index in [0.717, 1.165) is 5.56 Å². The van der Waals surface area contributed by atoms with Crippen molar-refractivity contribution < 1.29 is 5.11 Å². The molecule has 0 fully saturated rings. The Morgan fingerprint density at radius 3 is 1.47 bits per heavy atom. The summed E-state index contributed by atoms with van der Waals surface area (Å²) in [7, 11) is 0. The summed E-state index contributed by atoms with van der Waals surface area (Å²) in [6, 6.07) is 6.61. The van der Waals surface area contributed by atoms with Gasteiger partial charge in [-0.15, -0.1) is 0 Å². The second-order valence-corrected chi connectivity index (χ2v) is 7.82. The standard InChI is InChI=1S/C11H11Cl5O/c1-9(2,17)7-3-5-8(6-4-7)10(12,13)11(14,15)16/h3-6,17H,1-2H3. The molecule has 0 aliphatic rings. The molecule has 0 aromatic heterocycles. The molecule has 1 N–H and O–H groups in total. The lowest BCUT2D eigenvalue weighted by atomic mass is 9.97. The summed E-state index contributed by atoms with van der Waals surface area (Å²) >= 11 is 29.1. The molecule has 0 bridgehead atoms. The maximum absolute atomic E-state index is 9.80. The summed E-state index contributed by atoms with van der Waals surface area (Å²) in [4.78, 5) is 0. The van der Waals surface area contributed by atoms with Gasteiger partial charge in [0.05, 0.1) is 5.60 Å². The van der Waals surface area contributed by atoms with Crippen LogP contribution >= 0.6 is 58.0 Å². The van der Waals surface area contributed by atoms with E-state index in [1.165, 1.54) is 0 Å². The summed E-state index contributed by atoms with van der Waals surface area (Å²) < 4.78 is -3.48. The smallest absolute Gasteiger partial charge is 0.227 e. The molecular formula is C11H11Cl5O. The maximum atomic E-state index is 9.80. The van der Waals surface area contributed by atoms with E-state index in [-0.39, 0.29) is 0 Å². The Morgan fingerprint density at radius 2 is 1.18 bits per heavy atom. The molecule has 17 heavy (non-hydrogen) atoms. The third-order valence-electron chi connectivity index (χ3n) is 2.31. The average Bonchev–Trinajstić information content (AvgIpc) is 2.15. The number of aliphatic hydroxyl groups is 1. The summed E-state index contributed by atoms with van der Waals surface area (Å²) in [5, 5.41) is 9.80. The van der Waals surface area contributed by atoms with Crippen LogP contribution in [-0.2, 0) is 9.93 Å². The molecule has 0 spiro atoms. The second-order valence-electron chi connectivity index (χ2n) is 4.21. The van der Waals surface area contributed by atoms with Crippen LogP contribution < -0.4 is 0 Å². The van der Waals surface area contributed by atoms with Crippen LogP contribution in [0, 0.1) is 0 Å². The summed E-state index contributed by atoms with van der Waals surface area (Å²) in [6.07, 6.45) is 0. The molecule has 0 radical (unpaired) electrons. The van der Waals surface area contributed by atoms with Gasteiger partial charge in [0, 0.05) is 0 Å². The van der Waals surface area contributed by atoms with Gasteiger partial charge < -0.3 is 5.11 Å². The van der Waals surface area contributed by atoms with Crippen molar-refractivity contribution >= 4 is 58.0 Å². The summed E-state index contributed by atoms with van der Waals surface area (Å²) in [5.74, 6) is 0. The highest BCUT2D eigenvalue weighted by Gasteiger charge is 2.47. The Bertz CT molecular complexity index is 386. The van der Waals surface area contributed by atoms with Crippen molar-refractivity contribution in [2.45, 2.75) is 27.6 Å². The predicted octanol–water partition coefficient (Wildman–Crippen LogP) is 4.91. The quantitative estimate of drug-likeness (QED) is 0.761. The largest absolute Gasteiger partial charge is 0.386 e. The minimum absolute atomic E-state index is 0.453. The minimum atomic E-state index is -1.84. The summed E-state index contributed by atoms with van der Waals surface area (Å²) in [6.45, 7) is 3.34. The molecule has 1 rings (SSSR count). The first-order valence-corrected chi connectivity index (χ1v) is 6.63. The highest BCUT2D eigenvalue weighted by atomic mass is 35.6. The Labute approximate surface area is 126 Å². The van der Waals surface area contributed by atoms with E-state index in [1.54, 1.807) is 38.1 Å². The number of benzene rings is 1. The Balaban J connectivity index is 3.12. The SMILES string of the molecule is CC(C)(O)c1ccc(C(Cl)(Cl)C(Cl)(Cl)Cl)cc1. The van der Waals surface area contributed by atoms with Crippen LogP contribution in [0.1, 0.15) is 25.0 Å². The van der Waals surface area contributed by atoms with Crippen LogP contribution in [-0.4, -0.2) is 8.90 Å². The molecule has 0 saturated heterocycles. The van der Waals surface area contributed by atoms with Crippen molar-refractivity contribution in [2.75, 3.05) is 0 Å². The number of halogens is 5. The van der Waals surface area contributed by atoms with E-state index in [1.807, 2.05) is 0 Å². The molecule has 1 aromatic rings. The van der Waals surface area contributed by atoms with Crippen molar-refractivity contribution in [1.29, 1.82) is 0 Å². The second kappa shape index (κ2) is 4.96. The first-order valence-electron chi connectivity index (χ1n) is 4.74. The molecule has 1 nitrogen and oxygen atoms in total. The van der Waals surface area contributed by atoms with Crippen LogP contribution in [0.5, 0.6) is 0 Å². The molecule has 0 saturated carbocycles. The predicted molar refractivity (Wildman–Crippen MR) is 75.4 cm³/mol. The Morgan fingerprint density at radius 1 is 0.824 bits per heavy atom. The summed E-state index contributed by atoms with van der Waals surface area (Å²) in [5.41, 5.74) is 0.225. The fourth-order valence-electron chi connectivity index (χ4n) is 1.25. The molecule has 96 valence electrons. The zero-order valence-electron chi connectivity index (χ0n) is 9.15. The number of hydrogen-bond donors (Lipinski definition) is 1. The first kappa shape index (κ1) is 15.7. The van der Waals surface area contributed by atoms with Crippen molar-refractivity contribution in [3.63, 3.8) is 0 Å². The maximum Gasteiger partial charge on any atom is 0.227 e. The van der Waals surface area contributed by atoms with Gasteiger partial charge in [-0.25, -0.2) is 0 Å². The monoisotopic (exact) mass is 334 g/mol. The number of alkyl halides is 5. The van der Waals surface area contributed by atoms with Crippen molar-refractivity contribution in [3.05, 3.63) is 35.4 Å². The van der Waals surface area contributed by atoms with E-state index >= 15 is 0 Å². The van der Waals surface area contributed by atoms with Crippen LogP contribution in [0.3, 0.4) is 0 Å². The van der Waals surface area contributed by atoms with Gasteiger partial charge in [0.25, 0.3) is 0 Å². The van der Waals surface area contributed by atoms with Crippen LogP contribution in [0.2, 0.25) is 0 Å². The van der Waals surface area contributed by atoms with Gasteiger partial charge in [-0.2, -0.15) is 0 Å². The molecule has 0 amide bonds. The molecule has 0 aliphatic carbocycles. The van der Waals surface area contributed by atoms with Crippen molar-refractivity contribution in [2.24, 2.45) is 0 Å². The van der Waals surface area contributed by atoms with E-state index in [9.17, 15) is 5.11 Å². The van der Waals surface area contributed by atoms with E-state index < -0.39 is 13.7 Å². The molecule has 0 aliphatic heterocycles. The third kappa shape index (κ3) is 3.56. The lowest BCUT2D eigenvalue weighted by Crippen LogP contribution is -2.28. The topological polar surface area (TPSA) is 20.2 Å². The van der Waals surface area contributed by atoms with E-state index in [4.69, 9.17) is 58.0 Å². The first-order chi connectivity index (χ1) is 7.46. The molecule has 0 heterocycles. The number of hydrogen-bond acceptors (Lipinski definition) is 1. The zero-order chi connectivity index (χ0) is 13.5. The molecule has 0 atom stereocenters. The van der Waals surface area contributed by atoms with Gasteiger partial charge >= 0.3 is 0 Å². The van der Waals surface area contributed by atoms with E-state index in [2.05, 4.69) is 0 Å². The van der Waals surface area contributed by atoms with Crippen LogP contribution in [0.15, 0.2) is 24.3 Å². The molecule has 6 heteroatoms. The fourth-order valence-corrected chi connectivity index (χ4v) is 1.83. The molecule has 1 aromatic carbocycles. The van der Waals surface area contributed by atoms with Gasteiger partial charge in [-0.05, 0) is 25.0 Å². The third-order valence-corrected chi connectivity index (χ3v) is 4.74. The van der Waals surface area contributed by atoms with Crippen molar-refractivity contribution in [1.82, 2.24) is 0 Å². The van der Waals surface area contributed by atoms with Gasteiger partial charge in [0.1, 0.15) is 0 Å². The number of rotatable bonds is 2. The lowest BCUT2D eigenvalue weighted by Gasteiger charge is -2.28. The zero-order valence-corrected chi connectivity index (χ0v) is 12.9. The highest BCUT2D eigenvalue weighted by molar-refractivity contribution is 6.75.